The van der Waals surface area contributed by atoms with E-state index < -0.39 is 57.8 Å². The van der Waals surface area contributed by atoms with Gasteiger partial charge in [-0.25, -0.2) is 0 Å². The van der Waals surface area contributed by atoms with E-state index in [1.807, 2.05) is 81.4 Å². The van der Waals surface area contributed by atoms with E-state index >= 15 is 0 Å². The molecule has 0 aliphatic carbocycles. The Hall–Kier alpha value is -11.9. The van der Waals surface area contributed by atoms with E-state index in [0.29, 0.717) is 61.8 Å². The van der Waals surface area contributed by atoms with Crippen LogP contribution in [-0.4, -0.2) is 19.9 Å². The summed E-state index contributed by atoms with van der Waals surface area (Å²) in [5.41, 5.74) is 21.1. The number of rotatable bonds is 12. The maximum absolute atomic E-state index is 8.91. The van der Waals surface area contributed by atoms with Gasteiger partial charge in [-0.15, -0.1) is 107 Å². The summed E-state index contributed by atoms with van der Waals surface area (Å²) >= 11 is 0. The Labute approximate surface area is 731 Å². The van der Waals surface area contributed by atoms with Crippen LogP contribution in [0, 0.1) is 69.4 Å². The number of aromatic nitrogens is 4. The van der Waals surface area contributed by atoms with Crippen molar-refractivity contribution in [3.8, 4) is 112 Å². The molecule has 0 amide bonds. The summed E-state index contributed by atoms with van der Waals surface area (Å²) in [7, 11) is 0. The molecule has 0 saturated carbocycles. The van der Waals surface area contributed by atoms with Crippen LogP contribution >= 0.6 is 0 Å². The van der Waals surface area contributed by atoms with Crippen molar-refractivity contribution in [2.45, 2.75) is 88.5 Å². The van der Waals surface area contributed by atoms with Crippen molar-refractivity contribution in [3.05, 3.63) is 385 Å². The Kier molecular flexibility index (Phi) is 18.8. The third-order valence-corrected chi connectivity index (χ3v) is 18.9. The summed E-state index contributed by atoms with van der Waals surface area (Å²) in [6.45, 7) is -0.183. The Bertz CT molecular complexity index is 6890. The van der Waals surface area contributed by atoms with Crippen molar-refractivity contribution in [1.29, 1.82) is 0 Å². The molecule has 6 aromatic heterocycles. The topological polar surface area (TPSA) is 77.8 Å². The molecular weight excluding hydrogens is 1760 g/mol. The second-order valence-electron chi connectivity index (χ2n) is 29.5. The minimum absolute atomic E-state index is 0. The van der Waals surface area contributed by atoms with Gasteiger partial charge >= 0.3 is 0 Å². The molecule has 2 radical (unpaired) electrons. The molecule has 6 nitrogen and oxygen atoms in total. The van der Waals surface area contributed by atoms with E-state index in [-0.39, 0.29) is 73.6 Å². The fourth-order valence-corrected chi connectivity index (χ4v) is 13.4. The summed E-state index contributed by atoms with van der Waals surface area (Å²) < 4.78 is 160. The number of nitrogens with zero attached hydrogens (tertiary/aromatic N) is 4. The second kappa shape index (κ2) is 36.1. The van der Waals surface area contributed by atoms with Crippen LogP contribution in [0.15, 0.2) is 331 Å². The van der Waals surface area contributed by atoms with Gasteiger partial charge in [-0.1, -0.05) is 307 Å². The molecule has 18 aromatic rings. The molecule has 0 aliphatic rings. The summed E-state index contributed by atoms with van der Waals surface area (Å²) in [5, 5.41) is 3.82. The Morgan fingerprint density at radius 2 is 0.696 bits per heavy atom. The van der Waals surface area contributed by atoms with Gasteiger partial charge in [0.05, 0.1) is 11.2 Å². The molecule has 0 aliphatic heterocycles. The first kappa shape index (κ1) is 59.8. The largest absolute Gasteiger partial charge is 0.501 e. The first-order valence-electron chi connectivity index (χ1n) is 46.6. The third-order valence-electron chi connectivity index (χ3n) is 18.9. The Morgan fingerprint density at radius 1 is 0.322 bits per heavy atom. The summed E-state index contributed by atoms with van der Waals surface area (Å²) in [5.74, 6) is 0. The molecule has 6 heterocycles. The van der Waals surface area contributed by atoms with E-state index in [1.54, 1.807) is 69.4 Å². The molecule has 0 bridgehead atoms. The van der Waals surface area contributed by atoms with Crippen LogP contribution in [0.5, 0.6) is 0 Å². The molecule has 0 N–H and O–H groups in total. The molecule has 572 valence electrons. The number of furan rings is 2. The number of pyridine rings is 4. The van der Waals surface area contributed by atoms with Crippen LogP contribution in [-0.2, 0) is 53.0 Å². The van der Waals surface area contributed by atoms with Gasteiger partial charge in [0.15, 0.2) is 0 Å². The minimum atomic E-state index is -2.52. The fraction of sp³-hybridized carbons (Fsp3) is 0.140. The zero-order valence-electron chi connectivity index (χ0n) is 82.9. The summed E-state index contributed by atoms with van der Waals surface area (Å²) in [4.78, 5) is 17.2. The summed E-state index contributed by atoms with van der Waals surface area (Å²) in [6.07, 6.45) is 2.08. The van der Waals surface area contributed by atoms with Crippen LogP contribution in [0.4, 0.5) is 0 Å². The van der Waals surface area contributed by atoms with Gasteiger partial charge in [0, 0.05) is 102 Å². The molecule has 8 heteroatoms. The zero-order chi connectivity index (χ0) is 94.3. The van der Waals surface area contributed by atoms with Crippen molar-refractivity contribution in [2.75, 3.05) is 0 Å². The third kappa shape index (κ3) is 19.9. The van der Waals surface area contributed by atoms with Crippen LogP contribution < -0.4 is 0 Å². The Morgan fingerprint density at radius 3 is 1.06 bits per heavy atom. The van der Waals surface area contributed by atoms with Gasteiger partial charge in [0.25, 0.3) is 0 Å². The van der Waals surface area contributed by atoms with E-state index in [2.05, 4.69) is 202 Å². The van der Waals surface area contributed by atoms with Crippen LogP contribution in [0.25, 0.3) is 156 Å². The standard InChI is InChI=1S/C41H34NO.C40H32NO.2C13H12N.2Ir/c1-27-26-42-38(23-34(27)25-41(2,3)4)37-12-8-11-36-35-22-21-33(24-39(35)43-40(36)37)32-19-17-31(18-20-32)30-15-13-29(14-16-30)28-9-6-5-7-10-28;1-40(2,3)26-27-22-23-41-37(24-27)36-11-7-10-35-34-21-20-33(25-38(34)42-39(35)36)32-18-16-31(17-19-32)30-14-12-29(13-15-30)28-8-5-4-6-9-28;2*1-10-3-6-12(7-4-10)13-8-5-11(2)9-14-13;;/h5-11,13-24,26H,25H2,1-4H3;4-10,12-25H,26H2,1-3H3;2*3-6,8-9H,1-2H3;;/q4*-1;;/i1D3,25D2;26D2;2*1D3,2D3;;. The maximum Gasteiger partial charge on any atom is 0.121 e. The van der Waals surface area contributed by atoms with E-state index in [0.717, 1.165) is 66.1 Å². The first-order chi connectivity index (χ1) is 62.3. The number of benzene rings is 12. The van der Waals surface area contributed by atoms with Crippen molar-refractivity contribution in [3.63, 3.8) is 0 Å². The zero-order valence-corrected chi connectivity index (χ0v) is 68.7. The average Bonchev–Trinajstić information content (AvgIpc) is 1.46. The quantitative estimate of drug-likeness (QED) is 0.113. The van der Waals surface area contributed by atoms with Crippen LogP contribution in [0.3, 0.4) is 0 Å². The molecule has 115 heavy (non-hydrogen) atoms. The van der Waals surface area contributed by atoms with Gasteiger partial charge in [0.2, 0.25) is 0 Å². The number of hydrogen-bond acceptors (Lipinski definition) is 6. The van der Waals surface area contributed by atoms with Gasteiger partial charge in [-0.3, -0.25) is 0 Å². The first-order valence-corrected chi connectivity index (χ1v) is 37.1. The van der Waals surface area contributed by atoms with E-state index in [9.17, 15) is 0 Å². The molecule has 0 unspecified atom stereocenters. The second-order valence-corrected chi connectivity index (χ2v) is 29.5. The molecule has 18 rings (SSSR count). The predicted octanol–water partition coefficient (Wildman–Crippen LogP) is 28.7. The molecule has 12 aromatic carbocycles. The van der Waals surface area contributed by atoms with Gasteiger partial charge in [-0.2, -0.15) is 0 Å². The maximum atomic E-state index is 8.91. The minimum Gasteiger partial charge on any atom is -0.501 e. The predicted molar refractivity (Wildman–Crippen MR) is 471 cm³/mol. The smallest absolute Gasteiger partial charge is 0.121 e. The van der Waals surface area contributed by atoms with Gasteiger partial charge < -0.3 is 28.8 Å². The number of aryl methyl sites for hydroxylation is 5. The van der Waals surface area contributed by atoms with Crippen molar-refractivity contribution < 1.29 is 75.1 Å². The van der Waals surface area contributed by atoms with Crippen molar-refractivity contribution >= 4 is 43.9 Å². The molecule has 0 atom stereocenters. The normalized spacial score (nSPS) is 14.4. The molecule has 0 saturated heterocycles. The average molecular weight is 1870 g/mol. The monoisotopic (exact) mass is 1870 g/mol. The van der Waals surface area contributed by atoms with Gasteiger partial charge in [-0.05, 0) is 169 Å². The van der Waals surface area contributed by atoms with Crippen LogP contribution in [0.2, 0.25) is 0 Å². The van der Waals surface area contributed by atoms with E-state index in [4.69, 9.17) is 34.9 Å². The number of hydrogen-bond donors (Lipinski definition) is 0. The van der Waals surface area contributed by atoms with Crippen molar-refractivity contribution in [1.82, 2.24) is 19.9 Å². The SMILES string of the molecule is [2H]C([2H])([2H])c1c[c-]c(-c2ccc(C([2H])([2H])[2H])cn2)cc1.[2H]C([2H])([2H])c1c[c-]c(-c2ccc(C([2H])([2H])[2H])cn2)cc1.[2H]C([2H])([2H])c1cnc(-c2[c-]ccc3c2oc2cc(-c4ccc(-c5ccc(-c6ccccc6)cc5)cc4)ccc23)cc1C([2H])([2H])C(C)(C)C.[2H]C([2H])(c1ccnc(-c2[c-]ccc3c2oc2cc(-c4ccc(-c5ccc(-c6ccccc6)cc5)cc4)ccc23)c1)C(C)(C)C.[Ir].[Ir]. The fourth-order valence-electron chi connectivity index (χ4n) is 13.4. The molecule has 0 fully saturated rings. The van der Waals surface area contributed by atoms with E-state index in [1.165, 1.54) is 88.4 Å². The van der Waals surface area contributed by atoms with Crippen molar-refractivity contribution in [2.24, 2.45) is 10.8 Å². The molecule has 0 spiro atoms. The van der Waals surface area contributed by atoms with Gasteiger partial charge in [0.1, 0.15) is 11.2 Å². The summed E-state index contributed by atoms with van der Waals surface area (Å²) in [6, 6.07) is 108. The molecular formula is C107H90Ir2N4O2-4. The van der Waals surface area contributed by atoms with Crippen LogP contribution in [0.1, 0.15) is 107 Å². The Balaban J connectivity index is 0.000000162. The number of fused-ring (bicyclic) bond motifs is 6.